The average Bonchev–Trinajstić information content (AvgIpc) is 3.27. The van der Waals surface area contributed by atoms with Gasteiger partial charge in [0.1, 0.15) is 22.4 Å². The molecule has 1 unspecified atom stereocenters. The predicted octanol–water partition coefficient (Wildman–Crippen LogP) is 2.83. The number of carbonyl (C=O) groups excluding carboxylic acids is 1. The number of rotatable bonds is 8. The van der Waals surface area contributed by atoms with Crippen molar-refractivity contribution in [3.63, 3.8) is 0 Å². The van der Waals surface area contributed by atoms with Gasteiger partial charge < -0.3 is 24.7 Å². The lowest BCUT2D eigenvalue weighted by Crippen LogP contribution is -2.38. The lowest BCUT2D eigenvalue weighted by Gasteiger charge is -2.25. The predicted molar refractivity (Wildman–Crippen MR) is 139 cm³/mol. The number of carbonyl (C=O) groups is 1. The van der Waals surface area contributed by atoms with Gasteiger partial charge in [0, 0.05) is 56.7 Å². The molecular weight excluding hydrogens is 477 g/mol. The Bertz CT molecular complexity index is 1450. The maximum atomic E-state index is 15.2. The van der Waals surface area contributed by atoms with E-state index in [1.54, 1.807) is 31.6 Å². The van der Waals surface area contributed by atoms with Gasteiger partial charge in [0.2, 0.25) is 5.91 Å². The molecular formula is C26H30FN7O3. The van der Waals surface area contributed by atoms with Gasteiger partial charge in [-0.15, -0.1) is 0 Å². The minimum atomic E-state index is -0.617. The van der Waals surface area contributed by atoms with Crippen LogP contribution in [0.15, 0.2) is 46.6 Å². The fourth-order valence-corrected chi connectivity index (χ4v) is 4.47. The first-order valence-corrected chi connectivity index (χ1v) is 11.9. The number of aliphatic imine (C=N–C) groups is 1. The van der Waals surface area contributed by atoms with E-state index in [1.165, 1.54) is 32.6 Å². The molecule has 0 radical (unpaired) electrons. The molecule has 0 spiro atoms. The summed E-state index contributed by atoms with van der Waals surface area (Å²) in [5.74, 6) is -0.0904. The number of aromatic nitrogens is 3. The quantitative estimate of drug-likeness (QED) is 0.468. The Morgan fingerprint density at radius 1 is 1.30 bits per heavy atom. The second-order valence-electron chi connectivity index (χ2n) is 8.42. The van der Waals surface area contributed by atoms with Crippen molar-refractivity contribution in [1.82, 2.24) is 19.4 Å². The van der Waals surface area contributed by atoms with Crippen molar-refractivity contribution >= 4 is 34.5 Å². The summed E-state index contributed by atoms with van der Waals surface area (Å²) in [6, 6.07) is 6.41. The number of nitrogens with two attached hydrogens (primary N) is 1. The van der Waals surface area contributed by atoms with E-state index in [9.17, 15) is 4.79 Å². The number of allylic oxidation sites excluding steroid dienone is 1. The molecule has 1 aliphatic rings. The number of fused-ring (bicyclic) bond motifs is 1. The van der Waals surface area contributed by atoms with Crippen LogP contribution in [0, 0.1) is 5.82 Å². The molecule has 4 rings (SSSR count). The van der Waals surface area contributed by atoms with Gasteiger partial charge in [-0.25, -0.2) is 14.4 Å². The van der Waals surface area contributed by atoms with Crippen molar-refractivity contribution in [2.45, 2.75) is 32.4 Å². The fourth-order valence-electron chi connectivity index (χ4n) is 4.47. The zero-order valence-corrected chi connectivity index (χ0v) is 21.3. The Balaban J connectivity index is 1.98. The molecule has 0 saturated carbocycles. The van der Waals surface area contributed by atoms with Gasteiger partial charge in [-0.05, 0) is 25.5 Å². The molecule has 1 fully saturated rings. The van der Waals surface area contributed by atoms with Crippen LogP contribution in [0.3, 0.4) is 0 Å². The number of methoxy groups -OCH3 is 2. The van der Waals surface area contributed by atoms with Gasteiger partial charge in [0.25, 0.3) is 0 Å². The number of likely N-dealkylation sites (tertiary alicyclic amines) is 1. The van der Waals surface area contributed by atoms with Crippen LogP contribution >= 0.6 is 0 Å². The molecule has 194 valence electrons. The minimum absolute atomic E-state index is 0.0163. The number of pyridine rings is 1. The normalized spacial score (nSPS) is 16.8. The van der Waals surface area contributed by atoms with Crippen molar-refractivity contribution in [2.24, 2.45) is 15.7 Å². The van der Waals surface area contributed by atoms with Crippen LogP contribution in [0.25, 0.3) is 16.7 Å². The van der Waals surface area contributed by atoms with Crippen molar-refractivity contribution in [3.8, 4) is 11.5 Å². The Morgan fingerprint density at radius 3 is 2.78 bits per heavy atom. The molecule has 1 aliphatic heterocycles. The second kappa shape index (κ2) is 11.2. The summed E-state index contributed by atoms with van der Waals surface area (Å²) in [7, 11) is 4.51. The van der Waals surface area contributed by atoms with E-state index in [1.807, 2.05) is 16.4 Å². The van der Waals surface area contributed by atoms with E-state index < -0.39 is 5.82 Å². The molecule has 1 saturated heterocycles. The van der Waals surface area contributed by atoms with Crippen molar-refractivity contribution in [1.29, 1.82) is 0 Å². The molecule has 10 nitrogen and oxygen atoms in total. The highest BCUT2D eigenvalue weighted by molar-refractivity contribution is 6.08. The third-order valence-corrected chi connectivity index (χ3v) is 6.32. The first-order chi connectivity index (χ1) is 17.9. The van der Waals surface area contributed by atoms with E-state index in [2.05, 4.69) is 15.0 Å². The summed E-state index contributed by atoms with van der Waals surface area (Å²) in [6.45, 7) is 2.95. The fraction of sp³-hybridized carbons (Fsp3) is 0.346. The third kappa shape index (κ3) is 5.16. The van der Waals surface area contributed by atoms with Crippen LogP contribution < -0.4 is 20.7 Å². The molecule has 0 bridgehead atoms. The van der Waals surface area contributed by atoms with Crippen molar-refractivity contribution in [3.05, 3.63) is 53.7 Å². The van der Waals surface area contributed by atoms with Crippen LogP contribution in [-0.4, -0.2) is 65.4 Å². The molecule has 2 aromatic heterocycles. The van der Waals surface area contributed by atoms with Crippen LogP contribution in [0.4, 0.5) is 10.1 Å². The molecule has 1 amide bonds. The van der Waals surface area contributed by atoms with Gasteiger partial charge in [-0.3, -0.25) is 14.8 Å². The summed E-state index contributed by atoms with van der Waals surface area (Å²) in [5.41, 5.74) is 8.54. The molecule has 3 aromatic rings. The Kier molecular flexibility index (Phi) is 7.80. The van der Waals surface area contributed by atoms with E-state index in [-0.39, 0.29) is 23.4 Å². The number of amides is 1. The van der Waals surface area contributed by atoms with Crippen molar-refractivity contribution < 1.29 is 18.7 Å². The van der Waals surface area contributed by atoms with Gasteiger partial charge in [-0.2, -0.15) is 0 Å². The molecule has 3 heterocycles. The number of benzene rings is 1. The van der Waals surface area contributed by atoms with Gasteiger partial charge >= 0.3 is 0 Å². The standard InChI is InChI=1S/C26H30FN7O3/c1-5-33-17(6-9-24(33)35)15-34-23(31-20-10-18(36-3)11-22(37-4)25(20)27)8-7-19-26(34)32-21(14-30-19)16(12-28)13-29-2/h7-8,10-14,17H,5-6,9,15,28H2,1-4H3/b16-12+,29-13?,31-23?. The van der Waals surface area contributed by atoms with E-state index in [4.69, 9.17) is 20.2 Å². The first-order valence-electron chi connectivity index (χ1n) is 11.9. The van der Waals surface area contributed by atoms with Crippen LogP contribution in [0.1, 0.15) is 25.5 Å². The number of nitrogens with zero attached hydrogens (tertiary/aromatic N) is 6. The smallest absolute Gasteiger partial charge is 0.222 e. The molecule has 2 N–H and O–H groups in total. The molecule has 1 aromatic carbocycles. The Morgan fingerprint density at radius 2 is 2.11 bits per heavy atom. The monoisotopic (exact) mass is 507 g/mol. The topological polar surface area (TPSA) is 120 Å². The van der Waals surface area contributed by atoms with Crippen LogP contribution in [0.2, 0.25) is 0 Å². The Labute approximate surface area is 214 Å². The Hall–Kier alpha value is -4.28. The molecule has 11 heteroatoms. The molecule has 1 atom stereocenters. The lowest BCUT2D eigenvalue weighted by atomic mass is 10.2. The number of hydrogen-bond acceptors (Lipinski definition) is 8. The highest BCUT2D eigenvalue weighted by Gasteiger charge is 2.30. The zero-order valence-electron chi connectivity index (χ0n) is 21.3. The summed E-state index contributed by atoms with van der Waals surface area (Å²) < 4.78 is 27.5. The van der Waals surface area contributed by atoms with E-state index >= 15 is 4.39 Å². The molecule has 0 aliphatic carbocycles. The average molecular weight is 508 g/mol. The number of likely N-dealkylation sites (N-methyl/N-ethyl adjacent to an activating group) is 1. The molecule has 37 heavy (non-hydrogen) atoms. The highest BCUT2D eigenvalue weighted by atomic mass is 19.1. The van der Waals surface area contributed by atoms with Crippen LogP contribution in [-0.2, 0) is 11.3 Å². The maximum absolute atomic E-state index is 15.2. The third-order valence-electron chi connectivity index (χ3n) is 6.32. The lowest BCUT2D eigenvalue weighted by molar-refractivity contribution is -0.128. The number of hydrogen-bond donors (Lipinski definition) is 1. The van der Waals surface area contributed by atoms with E-state index in [0.717, 1.165) is 0 Å². The minimum Gasteiger partial charge on any atom is -0.497 e. The second-order valence-corrected chi connectivity index (χ2v) is 8.42. The van der Waals surface area contributed by atoms with Crippen molar-refractivity contribution in [2.75, 3.05) is 27.8 Å². The highest BCUT2D eigenvalue weighted by Crippen LogP contribution is 2.32. The summed E-state index contributed by atoms with van der Waals surface area (Å²) in [6.07, 6.45) is 5.80. The van der Waals surface area contributed by atoms with Gasteiger partial charge in [0.15, 0.2) is 17.2 Å². The number of halogens is 1. The zero-order chi connectivity index (χ0) is 26.5. The van der Waals surface area contributed by atoms with Gasteiger partial charge in [0.05, 0.1) is 32.2 Å². The van der Waals surface area contributed by atoms with Gasteiger partial charge in [-0.1, -0.05) is 0 Å². The summed E-state index contributed by atoms with van der Waals surface area (Å²) in [5, 5.41) is 0. The summed E-state index contributed by atoms with van der Waals surface area (Å²) in [4.78, 5) is 32.3. The SMILES string of the molecule is CCN1C(=O)CCC1Cn1c(=Nc2cc(OC)cc(OC)c2F)ccc2ncc(/C(C=NC)=C/N)nc21. The maximum Gasteiger partial charge on any atom is 0.222 e. The van der Waals surface area contributed by atoms with E-state index in [0.29, 0.717) is 59.6 Å². The van der Waals surface area contributed by atoms with Crippen LogP contribution in [0.5, 0.6) is 11.5 Å². The summed E-state index contributed by atoms with van der Waals surface area (Å²) >= 11 is 0. The first kappa shape index (κ1) is 25.8. The number of ether oxygens (including phenoxy) is 2. The largest absolute Gasteiger partial charge is 0.497 e.